The molecule has 0 saturated carbocycles. The summed E-state index contributed by atoms with van der Waals surface area (Å²) in [6.45, 7) is 4.54. The fourth-order valence-corrected chi connectivity index (χ4v) is 4.56. The molecule has 152 valence electrons. The van der Waals surface area contributed by atoms with E-state index in [1.54, 1.807) is 25.1 Å². The van der Waals surface area contributed by atoms with Gasteiger partial charge in [-0.1, -0.05) is 18.2 Å². The predicted octanol–water partition coefficient (Wildman–Crippen LogP) is 0.878. The first kappa shape index (κ1) is 19.3. The average molecular weight is 392 g/mol. The molecule has 0 radical (unpaired) electrons. The fourth-order valence-electron chi connectivity index (χ4n) is 4.56. The molecular formula is C20H26F2N4O2. The Labute approximate surface area is 163 Å². The highest BCUT2D eigenvalue weighted by molar-refractivity contribution is 5.82. The van der Waals surface area contributed by atoms with Gasteiger partial charge in [0.15, 0.2) is 6.17 Å². The number of halogens is 2. The molecule has 0 aromatic heterocycles. The number of alkyl halides is 1. The summed E-state index contributed by atoms with van der Waals surface area (Å²) in [5.41, 5.74) is 0.570. The molecule has 3 fully saturated rings. The summed E-state index contributed by atoms with van der Waals surface area (Å²) >= 11 is 0. The van der Waals surface area contributed by atoms with E-state index in [4.69, 9.17) is 0 Å². The Morgan fingerprint density at radius 3 is 2.50 bits per heavy atom. The van der Waals surface area contributed by atoms with Crippen molar-refractivity contribution in [2.75, 3.05) is 26.2 Å². The summed E-state index contributed by atoms with van der Waals surface area (Å²) in [5, 5.41) is 5.80. The molecule has 28 heavy (non-hydrogen) atoms. The van der Waals surface area contributed by atoms with Crippen molar-refractivity contribution >= 4 is 11.8 Å². The van der Waals surface area contributed by atoms with Crippen LogP contribution in [0.2, 0.25) is 0 Å². The third kappa shape index (κ3) is 3.75. The molecule has 2 amide bonds. The molecule has 0 spiro atoms. The third-order valence-electron chi connectivity index (χ3n) is 6.19. The maximum absolute atomic E-state index is 13.7. The van der Waals surface area contributed by atoms with Gasteiger partial charge >= 0.3 is 0 Å². The Kier molecular flexibility index (Phi) is 5.33. The van der Waals surface area contributed by atoms with Gasteiger partial charge in [0.1, 0.15) is 12.1 Å². The number of nitrogens with one attached hydrogen (secondary N) is 2. The van der Waals surface area contributed by atoms with Crippen molar-refractivity contribution in [1.82, 2.24) is 20.4 Å². The van der Waals surface area contributed by atoms with Crippen molar-refractivity contribution < 1.29 is 18.4 Å². The minimum absolute atomic E-state index is 0.0576. The first-order valence-corrected chi connectivity index (χ1v) is 9.88. The molecule has 3 saturated heterocycles. The molecule has 1 aromatic carbocycles. The summed E-state index contributed by atoms with van der Waals surface area (Å²) in [7, 11) is 0. The second-order valence-corrected chi connectivity index (χ2v) is 8.13. The number of hydrogen-bond donors (Lipinski definition) is 2. The van der Waals surface area contributed by atoms with Crippen LogP contribution in [0.5, 0.6) is 0 Å². The van der Waals surface area contributed by atoms with Crippen LogP contribution in [-0.2, 0) is 16.0 Å². The van der Waals surface area contributed by atoms with Crippen molar-refractivity contribution in [3.8, 4) is 0 Å². The van der Waals surface area contributed by atoms with E-state index in [1.165, 1.54) is 6.07 Å². The summed E-state index contributed by atoms with van der Waals surface area (Å²) in [6, 6.07) is 6.04. The van der Waals surface area contributed by atoms with Crippen LogP contribution >= 0.6 is 0 Å². The van der Waals surface area contributed by atoms with E-state index in [0.29, 0.717) is 43.3 Å². The Morgan fingerprint density at radius 2 is 1.86 bits per heavy atom. The lowest BCUT2D eigenvalue weighted by atomic mass is 10.0. The van der Waals surface area contributed by atoms with E-state index >= 15 is 0 Å². The summed E-state index contributed by atoms with van der Waals surface area (Å²) in [6.07, 6.45) is -1.17. The lowest BCUT2D eigenvalue weighted by Gasteiger charge is -2.37. The van der Waals surface area contributed by atoms with E-state index in [2.05, 4.69) is 15.5 Å². The second kappa shape index (κ2) is 7.75. The van der Waals surface area contributed by atoms with Crippen LogP contribution in [0.3, 0.4) is 0 Å². The molecule has 1 aromatic rings. The quantitative estimate of drug-likeness (QED) is 0.799. The number of carbonyl (C=O) groups excluding carboxylic acids is 2. The molecule has 0 aliphatic carbocycles. The minimum Gasteiger partial charge on any atom is -0.342 e. The Bertz CT molecular complexity index is 747. The summed E-state index contributed by atoms with van der Waals surface area (Å²) in [5.74, 6) is -0.0968. The number of nitrogens with zero attached hydrogens (tertiary/aromatic N) is 2. The number of benzene rings is 1. The average Bonchev–Trinajstić information content (AvgIpc) is 3.24. The van der Waals surface area contributed by atoms with Gasteiger partial charge in [-0.3, -0.25) is 19.8 Å². The molecule has 8 heteroatoms. The zero-order chi connectivity index (χ0) is 19.8. The Morgan fingerprint density at radius 1 is 1.18 bits per heavy atom. The minimum atomic E-state index is -1.53. The summed E-state index contributed by atoms with van der Waals surface area (Å²) < 4.78 is 27.4. The van der Waals surface area contributed by atoms with E-state index in [9.17, 15) is 18.4 Å². The van der Waals surface area contributed by atoms with Crippen LogP contribution in [-0.4, -0.2) is 66.3 Å². The van der Waals surface area contributed by atoms with Gasteiger partial charge in [-0.15, -0.1) is 0 Å². The third-order valence-corrected chi connectivity index (χ3v) is 6.19. The van der Waals surface area contributed by atoms with Crippen molar-refractivity contribution in [1.29, 1.82) is 0 Å². The molecule has 4 rings (SSSR count). The molecule has 5 unspecified atom stereocenters. The first-order valence-electron chi connectivity index (χ1n) is 9.88. The van der Waals surface area contributed by atoms with Gasteiger partial charge in [-0.2, -0.15) is 0 Å². The second-order valence-electron chi connectivity index (χ2n) is 8.13. The van der Waals surface area contributed by atoms with Gasteiger partial charge in [0, 0.05) is 38.6 Å². The van der Waals surface area contributed by atoms with Crippen molar-refractivity contribution in [2.24, 2.45) is 11.8 Å². The zero-order valence-electron chi connectivity index (χ0n) is 15.9. The first-order chi connectivity index (χ1) is 13.4. The molecule has 3 aliphatic rings. The van der Waals surface area contributed by atoms with Gasteiger partial charge in [0.05, 0.1) is 0 Å². The fraction of sp³-hybridized carbons (Fsp3) is 0.600. The Hall–Kier alpha value is -2.06. The molecule has 2 N–H and O–H groups in total. The largest absolute Gasteiger partial charge is 0.342 e. The van der Waals surface area contributed by atoms with E-state index in [1.807, 2.05) is 4.90 Å². The molecule has 6 nitrogen and oxygen atoms in total. The number of fused-ring (bicyclic) bond motifs is 1. The van der Waals surface area contributed by atoms with Crippen LogP contribution in [0.25, 0.3) is 0 Å². The normalized spacial score (nSPS) is 33.0. The lowest BCUT2D eigenvalue weighted by molar-refractivity contribution is -0.133. The highest BCUT2D eigenvalue weighted by Crippen LogP contribution is 2.32. The highest BCUT2D eigenvalue weighted by atomic mass is 19.1. The molecule has 3 heterocycles. The zero-order valence-corrected chi connectivity index (χ0v) is 15.9. The molecule has 3 aliphatic heterocycles. The van der Waals surface area contributed by atoms with Crippen LogP contribution in [0.15, 0.2) is 24.3 Å². The highest BCUT2D eigenvalue weighted by Gasteiger charge is 2.45. The van der Waals surface area contributed by atoms with Crippen LogP contribution in [0.1, 0.15) is 18.9 Å². The number of likely N-dealkylation sites (tertiary alicyclic amines) is 2. The SMILES string of the molecule is CC1NC(N2CC3CN(C(=O)CCc4ccccc4F)CC3C2)NC(=O)C1F. The number of carbonyl (C=O) groups is 2. The van der Waals surface area contributed by atoms with E-state index in [0.717, 1.165) is 13.1 Å². The molecular weight excluding hydrogens is 366 g/mol. The molecule has 5 atom stereocenters. The number of aryl methyl sites for hydroxylation is 1. The Balaban J connectivity index is 1.28. The van der Waals surface area contributed by atoms with Gasteiger partial charge in [0.2, 0.25) is 5.91 Å². The van der Waals surface area contributed by atoms with E-state index in [-0.39, 0.29) is 18.0 Å². The van der Waals surface area contributed by atoms with Crippen molar-refractivity contribution in [2.45, 2.75) is 38.3 Å². The smallest absolute Gasteiger partial charge is 0.258 e. The molecule has 0 bridgehead atoms. The predicted molar refractivity (Wildman–Crippen MR) is 99.3 cm³/mol. The van der Waals surface area contributed by atoms with Crippen molar-refractivity contribution in [3.63, 3.8) is 0 Å². The van der Waals surface area contributed by atoms with Gasteiger partial charge in [-0.05, 0) is 36.8 Å². The van der Waals surface area contributed by atoms with Crippen LogP contribution < -0.4 is 10.6 Å². The maximum Gasteiger partial charge on any atom is 0.258 e. The summed E-state index contributed by atoms with van der Waals surface area (Å²) in [4.78, 5) is 28.3. The van der Waals surface area contributed by atoms with Crippen molar-refractivity contribution in [3.05, 3.63) is 35.6 Å². The van der Waals surface area contributed by atoms with Gasteiger partial charge in [-0.25, -0.2) is 8.78 Å². The van der Waals surface area contributed by atoms with Crippen LogP contribution in [0.4, 0.5) is 8.78 Å². The van der Waals surface area contributed by atoms with Crippen LogP contribution in [0, 0.1) is 17.7 Å². The lowest BCUT2D eigenvalue weighted by Crippen LogP contribution is -2.67. The topological polar surface area (TPSA) is 64.7 Å². The van der Waals surface area contributed by atoms with Gasteiger partial charge < -0.3 is 10.2 Å². The number of amides is 2. The monoisotopic (exact) mass is 392 g/mol. The maximum atomic E-state index is 13.7. The number of rotatable bonds is 4. The number of hydrogen-bond acceptors (Lipinski definition) is 4. The standard InChI is InChI=1S/C20H26F2N4O2/c1-12-18(22)19(28)24-20(23-12)26-10-14-8-25(9-15(14)11-26)17(27)7-6-13-4-2-3-5-16(13)21/h2-5,12,14-15,18,20,23H,6-11H2,1H3,(H,24,28). The van der Waals surface area contributed by atoms with Gasteiger partial charge in [0.25, 0.3) is 5.91 Å². The van der Waals surface area contributed by atoms with E-state index < -0.39 is 18.1 Å².